The number of carboxylic acids is 1. The van der Waals surface area contributed by atoms with Crippen LogP contribution in [0.3, 0.4) is 0 Å². The Morgan fingerprint density at radius 3 is 2.27 bits per heavy atom. The van der Waals surface area contributed by atoms with Crippen LogP contribution in [0.25, 0.3) is 11.1 Å². The van der Waals surface area contributed by atoms with Gasteiger partial charge in [0.05, 0.1) is 0 Å². The van der Waals surface area contributed by atoms with E-state index in [2.05, 4.69) is 10.3 Å². The van der Waals surface area contributed by atoms with Crippen molar-refractivity contribution in [3.63, 3.8) is 0 Å². The van der Waals surface area contributed by atoms with Gasteiger partial charge in [-0.05, 0) is 28.3 Å². The number of alkyl carbamates (subject to hydrolysis) is 1. The number of aromatic carboxylic acids is 1. The van der Waals surface area contributed by atoms with Crippen LogP contribution in [0.2, 0.25) is 0 Å². The number of benzene rings is 2. The largest absolute Gasteiger partial charge is 0.478 e. The van der Waals surface area contributed by atoms with Crippen LogP contribution in [0.4, 0.5) is 10.6 Å². The molecule has 9 heteroatoms. The molecular formula is C24H23N3O6. The van der Waals surface area contributed by atoms with Crippen molar-refractivity contribution in [2.75, 3.05) is 18.9 Å². The van der Waals surface area contributed by atoms with Crippen LogP contribution in [0.15, 0.2) is 60.8 Å². The summed E-state index contributed by atoms with van der Waals surface area (Å²) in [5, 5.41) is 32.1. The number of aliphatic hydroxyl groups excluding tert-OH is 2. The first-order valence-corrected chi connectivity index (χ1v) is 10.3. The summed E-state index contributed by atoms with van der Waals surface area (Å²) < 4.78 is 5.39. The maximum Gasteiger partial charge on any atom is 0.407 e. The van der Waals surface area contributed by atoms with Gasteiger partial charge in [0.15, 0.2) is 0 Å². The van der Waals surface area contributed by atoms with Crippen molar-refractivity contribution in [1.29, 1.82) is 0 Å². The van der Waals surface area contributed by atoms with Crippen LogP contribution in [0.5, 0.6) is 0 Å². The smallest absolute Gasteiger partial charge is 0.407 e. The van der Waals surface area contributed by atoms with Gasteiger partial charge in [-0.15, -0.1) is 0 Å². The molecule has 0 bridgehead atoms. The molecule has 4 rings (SSSR count). The van der Waals surface area contributed by atoms with Crippen molar-refractivity contribution in [2.45, 2.75) is 18.1 Å². The third-order valence-corrected chi connectivity index (χ3v) is 5.68. The summed E-state index contributed by atoms with van der Waals surface area (Å²) in [7, 11) is 0. The predicted octanol–water partition coefficient (Wildman–Crippen LogP) is 2.29. The molecule has 0 radical (unpaired) electrons. The van der Waals surface area contributed by atoms with E-state index in [1.165, 1.54) is 6.20 Å². The van der Waals surface area contributed by atoms with Gasteiger partial charge in [0.2, 0.25) is 0 Å². The van der Waals surface area contributed by atoms with E-state index in [-0.39, 0.29) is 36.0 Å². The van der Waals surface area contributed by atoms with Crippen molar-refractivity contribution >= 4 is 17.9 Å². The molecule has 0 spiro atoms. The number of rotatable bonds is 7. The van der Waals surface area contributed by atoms with E-state index in [1.807, 2.05) is 48.5 Å². The van der Waals surface area contributed by atoms with Crippen molar-refractivity contribution in [3.05, 3.63) is 83.0 Å². The predicted molar refractivity (Wildman–Crippen MR) is 120 cm³/mol. The highest BCUT2D eigenvalue weighted by atomic mass is 16.5. The Balaban J connectivity index is 1.35. The first-order chi connectivity index (χ1) is 15.9. The molecule has 1 aromatic heterocycles. The quantitative estimate of drug-likeness (QED) is 0.368. The lowest BCUT2D eigenvalue weighted by Crippen LogP contribution is -2.36. The fraction of sp³-hybridized carbons (Fsp3) is 0.208. The molecule has 0 saturated carbocycles. The third kappa shape index (κ3) is 4.50. The van der Waals surface area contributed by atoms with E-state index in [4.69, 9.17) is 15.6 Å². The number of ether oxygens (including phenoxy) is 1. The third-order valence-electron chi connectivity index (χ3n) is 5.68. The summed E-state index contributed by atoms with van der Waals surface area (Å²) in [6.07, 6.45) is -2.48. The molecule has 33 heavy (non-hydrogen) atoms. The minimum atomic E-state index is -1.48. The van der Waals surface area contributed by atoms with Crippen LogP contribution in [-0.2, 0) is 4.74 Å². The molecule has 1 amide bonds. The molecule has 170 valence electrons. The molecule has 0 aliphatic heterocycles. The zero-order valence-corrected chi connectivity index (χ0v) is 17.5. The lowest BCUT2D eigenvalue weighted by Gasteiger charge is -2.19. The molecule has 6 N–H and O–H groups in total. The minimum absolute atomic E-state index is 0.0587. The SMILES string of the molecule is Nc1ncc(C(O)C(O)CNC(=O)OCC2c3ccccc3-c3ccccc32)cc1C(=O)O. The lowest BCUT2D eigenvalue weighted by atomic mass is 9.98. The summed E-state index contributed by atoms with van der Waals surface area (Å²) in [6.45, 7) is -0.201. The van der Waals surface area contributed by atoms with Crippen molar-refractivity contribution in [3.8, 4) is 11.1 Å². The number of aliphatic hydroxyl groups is 2. The Labute approximate surface area is 189 Å². The Kier molecular flexibility index (Phi) is 6.25. The number of amides is 1. The van der Waals surface area contributed by atoms with E-state index < -0.39 is 24.3 Å². The Morgan fingerprint density at radius 2 is 1.67 bits per heavy atom. The van der Waals surface area contributed by atoms with Crippen LogP contribution in [-0.4, -0.2) is 51.6 Å². The molecule has 1 heterocycles. The van der Waals surface area contributed by atoms with Gasteiger partial charge in [0.1, 0.15) is 30.2 Å². The van der Waals surface area contributed by atoms with E-state index >= 15 is 0 Å². The zero-order chi connectivity index (χ0) is 23.5. The molecule has 2 aromatic carbocycles. The van der Waals surface area contributed by atoms with Gasteiger partial charge >= 0.3 is 12.1 Å². The van der Waals surface area contributed by atoms with E-state index in [0.717, 1.165) is 28.3 Å². The Hall–Kier alpha value is -3.95. The number of carbonyl (C=O) groups is 2. The molecule has 3 aromatic rings. The van der Waals surface area contributed by atoms with Gasteiger partial charge < -0.3 is 31.1 Å². The second kappa shape index (κ2) is 9.27. The number of aromatic nitrogens is 1. The molecule has 1 aliphatic carbocycles. The summed E-state index contributed by atoms with van der Waals surface area (Å²) in [5.41, 5.74) is 9.64. The number of fused-ring (bicyclic) bond motifs is 3. The van der Waals surface area contributed by atoms with Crippen LogP contribution < -0.4 is 11.1 Å². The highest BCUT2D eigenvalue weighted by Gasteiger charge is 2.29. The van der Waals surface area contributed by atoms with Gasteiger partial charge in [-0.1, -0.05) is 48.5 Å². The average Bonchev–Trinajstić information content (AvgIpc) is 3.14. The summed E-state index contributed by atoms with van der Waals surface area (Å²) in [5.74, 6) is -1.61. The molecule has 2 atom stereocenters. The Morgan fingerprint density at radius 1 is 1.06 bits per heavy atom. The molecular weight excluding hydrogens is 426 g/mol. The highest BCUT2D eigenvalue weighted by Crippen LogP contribution is 2.44. The summed E-state index contributed by atoms with van der Waals surface area (Å²) in [6, 6.07) is 17.0. The zero-order valence-electron chi connectivity index (χ0n) is 17.5. The summed E-state index contributed by atoms with van der Waals surface area (Å²) >= 11 is 0. The second-order valence-electron chi connectivity index (χ2n) is 7.73. The number of nitrogens with zero attached hydrogens (tertiary/aromatic N) is 1. The highest BCUT2D eigenvalue weighted by molar-refractivity contribution is 5.92. The lowest BCUT2D eigenvalue weighted by molar-refractivity contribution is 0.0183. The molecule has 9 nitrogen and oxygen atoms in total. The number of nitrogen functional groups attached to an aromatic ring is 1. The van der Waals surface area contributed by atoms with Crippen LogP contribution in [0, 0.1) is 0 Å². The molecule has 0 fully saturated rings. The van der Waals surface area contributed by atoms with Crippen molar-refractivity contribution in [2.24, 2.45) is 0 Å². The maximum absolute atomic E-state index is 12.2. The van der Waals surface area contributed by atoms with Gasteiger partial charge in [0.25, 0.3) is 0 Å². The van der Waals surface area contributed by atoms with Crippen LogP contribution in [0.1, 0.15) is 39.1 Å². The fourth-order valence-electron chi connectivity index (χ4n) is 4.00. The van der Waals surface area contributed by atoms with Gasteiger partial charge in [-0.2, -0.15) is 0 Å². The van der Waals surface area contributed by atoms with Crippen molar-refractivity contribution < 1.29 is 29.6 Å². The normalized spacial score (nSPS) is 14.1. The fourth-order valence-corrected chi connectivity index (χ4v) is 4.00. The minimum Gasteiger partial charge on any atom is -0.478 e. The number of hydrogen-bond acceptors (Lipinski definition) is 7. The average molecular weight is 449 g/mol. The molecule has 2 unspecified atom stereocenters. The first kappa shape index (κ1) is 22.3. The standard InChI is InChI=1S/C24H23N3O6/c25-22-18(23(30)31)9-13(10-26-22)21(29)20(28)11-27-24(32)33-12-19-16-7-3-1-5-14(16)15-6-2-4-8-17(15)19/h1-10,19-21,28-29H,11-12H2,(H2,25,26)(H,27,32)(H,30,31). The van der Waals surface area contributed by atoms with E-state index in [0.29, 0.717) is 0 Å². The van der Waals surface area contributed by atoms with Gasteiger partial charge in [-0.3, -0.25) is 0 Å². The van der Waals surface area contributed by atoms with Crippen LogP contribution >= 0.6 is 0 Å². The van der Waals surface area contributed by atoms with Gasteiger partial charge in [0, 0.05) is 24.2 Å². The molecule has 0 saturated heterocycles. The second-order valence-corrected chi connectivity index (χ2v) is 7.73. The van der Waals surface area contributed by atoms with Gasteiger partial charge in [-0.25, -0.2) is 14.6 Å². The monoisotopic (exact) mass is 449 g/mol. The number of anilines is 1. The number of nitrogens with one attached hydrogen (secondary N) is 1. The van der Waals surface area contributed by atoms with E-state index in [1.54, 1.807) is 0 Å². The number of hydrogen-bond donors (Lipinski definition) is 5. The Bertz CT molecular complexity index is 1150. The number of nitrogens with two attached hydrogens (primary N) is 1. The summed E-state index contributed by atoms with van der Waals surface area (Å²) in [4.78, 5) is 27.1. The number of carbonyl (C=O) groups excluding carboxylic acids is 1. The number of pyridine rings is 1. The maximum atomic E-state index is 12.2. The first-order valence-electron chi connectivity index (χ1n) is 10.3. The topological polar surface area (TPSA) is 155 Å². The molecule has 1 aliphatic rings. The van der Waals surface area contributed by atoms with E-state index in [9.17, 15) is 19.8 Å². The number of carboxylic acid groups (broad SMARTS) is 1. The van der Waals surface area contributed by atoms with Crippen molar-refractivity contribution in [1.82, 2.24) is 10.3 Å².